The van der Waals surface area contributed by atoms with E-state index in [1.165, 1.54) is 23.5 Å². The number of benzene rings is 1. The molecule has 1 aliphatic heterocycles. The Bertz CT molecular complexity index is 709. The zero-order valence-electron chi connectivity index (χ0n) is 14.7. The Morgan fingerprint density at radius 3 is 2.64 bits per heavy atom. The number of hydrogen-bond donors (Lipinski definition) is 0. The fourth-order valence-electron chi connectivity index (χ4n) is 2.83. The Morgan fingerprint density at radius 1 is 1.24 bits per heavy atom. The van der Waals surface area contributed by atoms with Gasteiger partial charge in [0.15, 0.2) is 11.6 Å². The van der Waals surface area contributed by atoms with Crippen molar-refractivity contribution < 1.29 is 22.3 Å². The van der Waals surface area contributed by atoms with Crippen LogP contribution in [0, 0.1) is 5.82 Å². The van der Waals surface area contributed by atoms with Gasteiger partial charge in [0.2, 0.25) is 15.9 Å². The lowest BCUT2D eigenvalue weighted by Crippen LogP contribution is -2.37. The molecule has 6 nitrogen and oxygen atoms in total. The number of nitrogens with zero attached hydrogens (tertiary/aromatic N) is 2. The highest BCUT2D eigenvalue weighted by Crippen LogP contribution is 2.24. The summed E-state index contributed by atoms with van der Waals surface area (Å²) in [5.74, 6) is -0.645. The Labute approximate surface area is 148 Å². The zero-order chi connectivity index (χ0) is 18.4. The third kappa shape index (κ3) is 4.70. The van der Waals surface area contributed by atoms with E-state index in [0.29, 0.717) is 32.5 Å². The van der Waals surface area contributed by atoms with E-state index in [1.54, 1.807) is 4.90 Å². The number of carbonyl (C=O) groups excluding carboxylic acids is 1. The van der Waals surface area contributed by atoms with Crippen LogP contribution in [0.3, 0.4) is 0 Å². The minimum absolute atomic E-state index is 0.00233. The van der Waals surface area contributed by atoms with Crippen molar-refractivity contribution in [2.24, 2.45) is 0 Å². The summed E-state index contributed by atoms with van der Waals surface area (Å²) < 4.78 is 45.5. The fraction of sp³-hybridized carbons (Fsp3) is 0.588. The summed E-state index contributed by atoms with van der Waals surface area (Å²) in [5, 5.41) is 0. The van der Waals surface area contributed by atoms with Gasteiger partial charge in [0.05, 0.1) is 12.0 Å². The summed E-state index contributed by atoms with van der Waals surface area (Å²) in [6.07, 6.45) is 2.84. The second-order valence-electron chi connectivity index (χ2n) is 6.04. The van der Waals surface area contributed by atoms with Crippen LogP contribution in [0.4, 0.5) is 4.39 Å². The molecule has 0 radical (unpaired) electrons. The van der Waals surface area contributed by atoms with Crippen molar-refractivity contribution in [2.75, 3.05) is 33.3 Å². The van der Waals surface area contributed by atoms with E-state index in [0.717, 1.165) is 18.9 Å². The van der Waals surface area contributed by atoms with Crippen molar-refractivity contribution >= 4 is 15.9 Å². The van der Waals surface area contributed by atoms with Gasteiger partial charge >= 0.3 is 0 Å². The molecule has 1 fully saturated rings. The molecule has 0 atom stereocenters. The normalized spacial score (nSPS) is 16.5. The molecule has 0 unspecified atom stereocenters. The van der Waals surface area contributed by atoms with Gasteiger partial charge < -0.3 is 9.64 Å². The molecule has 1 saturated heterocycles. The number of hydrogen-bond acceptors (Lipinski definition) is 4. The molecule has 0 aromatic heterocycles. The average Bonchev–Trinajstić information content (AvgIpc) is 2.86. The second-order valence-corrected chi connectivity index (χ2v) is 7.98. The molecule has 0 aliphatic carbocycles. The van der Waals surface area contributed by atoms with Crippen LogP contribution in [-0.4, -0.2) is 56.8 Å². The minimum atomic E-state index is -3.80. The van der Waals surface area contributed by atoms with E-state index in [2.05, 4.69) is 0 Å². The van der Waals surface area contributed by atoms with Crippen LogP contribution in [0.5, 0.6) is 5.75 Å². The predicted octanol–water partition coefficient (Wildman–Crippen LogP) is 2.25. The first-order valence-electron chi connectivity index (χ1n) is 8.51. The highest BCUT2D eigenvalue weighted by molar-refractivity contribution is 7.89. The van der Waals surface area contributed by atoms with Crippen LogP contribution in [-0.2, 0) is 14.8 Å². The van der Waals surface area contributed by atoms with Crippen molar-refractivity contribution in [3.8, 4) is 5.75 Å². The molecule has 1 aliphatic rings. The second kappa shape index (κ2) is 8.62. The molecule has 1 amide bonds. The van der Waals surface area contributed by atoms with E-state index >= 15 is 0 Å². The molecule has 0 bridgehead atoms. The largest absolute Gasteiger partial charge is 0.494 e. The predicted molar refractivity (Wildman–Crippen MR) is 92.4 cm³/mol. The molecule has 1 aromatic carbocycles. The SMILES string of the molecule is CCCCC(=O)N1CCCN(S(=O)(=O)c2ccc(OC)c(F)c2)CC1. The quantitative estimate of drug-likeness (QED) is 0.768. The summed E-state index contributed by atoms with van der Waals surface area (Å²) in [6, 6.07) is 3.62. The fourth-order valence-corrected chi connectivity index (χ4v) is 4.31. The molecule has 0 N–H and O–H groups in total. The van der Waals surface area contributed by atoms with Crippen LogP contribution >= 0.6 is 0 Å². The lowest BCUT2D eigenvalue weighted by molar-refractivity contribution is -0.131. The van der Waals surface area contributed by atoms with Gasteiger partial charge in [-0.1, -0.05) is 13.3 Å². The van der Waals surface area contributed by atoms with E-state index in [-0.39, 0.29) is 23.1 Å². The third-order valence-electron chi connectivity index (χ3n) is 4.31. The monoisotopic (exact) mass is 372 g/mol. The van der Waals surface area contributed by atoms with E-state index in [9.17, 15) is 17.6 Å². The molecule has 2 rings (SSSR count). The van der Waals surface area contributed by atoms with Crippen LogP contribution in [0.1, 0.15) is 32.6 Å². The van der Waals surface area contributed by atoms with Crippen molar-refractivity contribution in [3.05, 3.63) is 24.0 Å². The van der Waals surface area contributed by atoms with Gasteiger partial charge in [0.25, 0.3) is 0 Å². The zero-order valence-corrected chi connectivity index (χ0v) is 15.5. The number of unbranched alkanes of at least 4 members (excludes halogenated alkanes) is 1. The number of amides is 1. The first-order valence-corrected chi connectivity index (χ1v) is 9.95. The van der Waals surface area contributed by atoms with Crippen molar-refractivity contribution in [3.63, 3.8) is 0 Å². The first kappa shape index (κ1) is 19.7. The smallest absolute Gasteiger partial charge is 0.243 e. The van der Waals surface area contributed by atoms with Gasteiger partial charge in [-0.25, -0.2) is 12.8 Å². The topological polar surface area (TPSA) is 66.9 Å². The number of rotatable bonds is 6. The van der Waals surface area contributed by atoms with Gasteiger partial charge in [-0.2, -0.15) is 4.31 Å². The van der Waals surface area contributed by atoms with Crippen molar-refractivity contribution in [1.29, 1.82) is 0 Å². The molecule has 8 heteroatoms. The Balaban J connectivity index is 2.10. The summed E-state index contributed by atoms with van der Waals surface area (Å²) in [6.45, 7) is 3.46. The summed E-state index contributed by atoms with van der Waals surface area (Å²) in [7, 11) is -2.47. The molecule has 140 valence electrons. The summed E-state index contributed by atoms with van der Waals surface area (Å²) >= 11 is 0. The van der Waals surface area contributed by atoms with Crippen LogP contribution in [0.2, 0.25) is 0 Å². The summed E-state index contributed by atoms with van der Waals surface area (Å²) in [5.41, 5.74) is 0. The Kier molecular flexibility index (Phi) is 6.78. The van der Waals surface area contributed by atoms with Crippen molar-refractivity contribution in [2.45, 2.75) is 37.5 Å². The number of ether oxygens (including phenoxy) is 1. The van der Waals surface area contributed by atoms with Gasteiger partial charge in [-0.15, -0.1) is 0 Å². The molecular weight excluding hydrogens is 347 g/mol. The van der Waals surface area contributed by atoms with Crippen LogP contribution < -0.4 is 4.74 Å². The standard InChI is InChI=1S/C17H25FN2O4S/c1-3-4-6-17(21)19-9-5-10-20(12-11-19)25(22,23)14-7-8-16(24-2)15(18)13-14/h7-8,13H,3-6,9-12H2,1-2H3. The molecule has 1 heterocycles. The number of halogens is 1. The molecule has 25 heavy (non-hydrogen) atoms. The first-order chi connectivity index (χ1) is 11.9. The third-order valence-corrected chi connectivity index (χ3v) is 6.21. The molecular formula is C17H25FN2O4S. The number of methoxy groups -OCH3 is 1. The number of sulfonamides is 1. The number of carbonyl (C=O) groups is 1. The molecule has 1 aromatic rings. The minimum Gasteiger partial charge on any atom is -0.494 e. The highest BCUT2D eigenvalue weighted by Gasteiger charge is 2.28. The van der Waals surface area contributed by atoms with Crippen LogP contribution in [0.25, 0.3) is 0 Å². The Hall–Kier alpha value is -1.67. The maximum absolute atomic E-state index is 13.9. The van der Waals surface area contributed by atoms with E-state index in [1.807, 2.05) is 6.92 Å². The molecule has 0 spiro atoms. The molecule has 0 saturated carbocycles. The van der Waals surface area contributed by atoms with E-state index in [4.69, 9.17) is 4.74 Å². The highest BCUT2D eigenvalue weighted by atomic mass is 32.2. The average molecular weight is 372 g/mol. The van der Waals surface area contributed by atoms with Gasteiger partial charge in [0.1, 0.15) is 0 Å². The van der Waals surface area contributed by atoms with Gasteiger partial charge in [-0.3, -0.25) is 4.79 Å². The maximum Gasteiger partial charge on any atom is 0.243 e. The lowest BCUT2D eigenvalue weighted by atomic mass is 10.2. The summed E-state index contributed by atoms with van der Waals surface area (Å²) in [4.78, 5) is 13.8. The lowest BCUT2D eigenvalue weighted by Gasteiger charge is -2.22. The van der Waals surface area contributed by atoms with E-state index < -0.39 is 15.8 Å². The maximum atomic E-state index is 13.9. The van der Waals surface area contributed by atoms with Gasteiger partial charge in [0, 0.05) is 32.6 Å². The van der Waals surface area contributed by atoms with Crippen molar-refractivity contribution in [1.82, 2.24) is 9.21 Å². The Morgan fingerprint density at radius 2 is 2.00 bits per heavy atom. The van der Waals surface area contributed by atoms with Gasteiger partial charge in [-0.05, 0) is 31.0 Å². The van der Waals surface area contributed by atoms with Crippen LogP contribution in [0.15, 0.2) is 23.1 Å².